The van der Waals surface area contributed by atoms with E-state index in [1.807, 2.05) is 48.5 Å². The Morgan fingerprint density at radius 1 is 1.07 bits per heavy atom. The molecule has 0 bridgehead atoms. The van der Waals surface area contributed by atoms with Gasteiger partial charge in [-0.1, -0.05) is 30.3 Å². The number of ether oxygens (including phenoxy) is 1. The van der Waals surface area contributed by atoms with Crippen molar-refractivity contribution in [3.05, 3.63) is 89.8 Å². The molecule has 0 aliphatic rings. The zero-order chi connectivity index (χ0) is 20.9. The van der Waals surface area contributed by atoms with E-state index >= 15 is 0 Å². The average Bonchev–Trinajstić information content (AvgIpc) is 3.17. The SMILES string of the molecule is COc1cccc(C(=O)NC(=S)Nc2ccc(Cc3nc4ccccc4o3)cc2)c1. The molecule has 30 heavy (non-hydrogen) atoms. The third-order valence-corrected chi connectivity index (χ3v) is 4.67. The Bertz CT molecular complexity index is 1170. The third-order valence-electron chi connectivity index (χ3n) is 4.46. The van der Waals surface area contributed by atoms with Crippen LogP contribution in [0.1, 0.15) is 21.8 Å². The molecule has 150 valence electrons. The van der Waals surface area contributed by atoms with E-state index in [0.717, 1.165) is 22.4 Å². The molecule has 2 N–H and O–H groups in total. The van der Waals surface area contributed by atoms with Crippen molar-refractivity contribution in [2.75, 3.05) is 12.4 Å². The highest BCUT2D eigenvalue weighted by atomic mass is 32.1. The van der Waals surface area contributed by atoms with Crippen molar-refractivity contribution < 1.29 is 13.9 Å². The van der Waals surface area contributed by atoms with Crippen LogP contribution in [0.4, 0.5) is 5.69 Å². The largest absolute Gasteiger partial charge is 0.497 e. The number of nitrogens with zero attached hydrogens (tertiary/aromatic N) is 1. The molecule has 1 amide bonds. The number of carbonyl (C=O) groups is 1. The quantitative estimate of drug-likeness (QED) is 0.464. The molecule has 0 radical (unpaired) electrons. The first kappa shape index (κ1) is 19.6. The molecule has 4 aromatic rings. The van der Waals surface area contributed by atoms with Crippen LogP contribution in [0.2, 0.25) is 0 Å². The number of hydrogen-bond acceptors (Lipinski definition) is 5. The number of rotatable bonds is 5. The van der Waals surface area contributed by atoms with Gasteiger partial charge >= 0.3 is 0 Å². The Morgan fingerprint density at radius 2 is 1.87 bits per heavy atom. The van der Waals surface area contributed by atoms with Crippen LogP contribution in [0, 0.1) is 0 Å². The van der Waals surface area contributed by atoms with Gasteiger partial charge in [-0.2, -0.15) is 0 Å². The highest BCUT2D eigenvalue weighted by Crippen LogP contribution is 2.18. The van der Waals surface area contributed by atoms with Gasteiger partial charge in [-0.25, -0.2) is 4.98 Å². The fraction of sp³-hybridized carbons (Fsp3) is 0.0870. The van der Waals surface area contributed by atoms with Crippen molar-refractivity contribution >= 4 is 40.0 Å². The van der Waals surface area contributed by atoms with Crippen LogP contribution in [0.3, 0.4) is 0 Å². The lowest BCUT2D eigenvalue weighted by atomic mass is 10.1. The number of oxazole rings is 1. The molecule has 1 aromatic heterocycles. The Kier molecular flexibility index (Phi) is 5.72. The molecule has 7 heteroatoms. The van der Waals surface area contributed by atoms with Crippen LogP contribution in [-0.2, 0) is 6.42 Å². The predicted molar refractivity (Wildman–Crippen MR) is 120 cm³/mol. The molecular formula is C23H19N3O3S. The number of hydrogen-bond donors (Lipinski definition) is 2. The van der Waals surface area contributed by atoms with Gasteiger partial charge in [0.2, 0.25) is 0 Å². The molecule has 1 heterocycles. The standard InChI is InChI=1S/C23H19N3O3S/c1-28-18-6-4-5-16(14-18)22(27)26-23(30)24-17-11-9-15(10-12-17)13-21-25-19-7-2-3-8-20(19)29-21/h2-12,14H,13H2,1H3,(H2,24,26,27,30). The summed E-state index contributed by atoms with van der Waals surface area (Å²) in [6.45, 7) is 0. The molecule has 4 rings (SSSR count). The minimum atomic E-state index is -0.306. The maximum atomic E-state index is 12.3. The average molecular weight is 417 g/mol. The number of anilines is 1. The number of thiocarbonyl (C=S) groups is 1. The molecule has 0 atom stereocenters. The van der Waals surface area contributed by atoms with Gasteiger partial charge < -0.3 is 14.5 Å². The number of nitrogens with one attached hydrogen (secondary N) is 2. The maximum Gasteiger partial charge on any atom is 0.257 e. The summed E-state index contributed by atoms with van der Waals surface area (Å²) in [6, 6.07) is 22.3. The van der Waals surface area contributed by atoms with Crippen LogP contribution >= 0.6 is 12.2 Å². The third kappa shape index (κ3) is 4.64. The van der Waals surface area contributed by atoms with E-state index in [-0.39, 0.29) is 11.0 Å². The van der Waals surface area contributed by atoms with Gasteiger partial charge in [-0.05, 0) is 60.2 Å². The first-order valence-electron chi connectivity index (χ1n) is 9.30. The van der Waals surface area contributed by atoms with E-state index in [4.69, 9.17) is 21.4 Å². The van der Waals surface area contributed by atoms with Crippen LogP contribution in [-0.4, -0.2) is 23.1 Å². The van der Waals surface area contributed by atoms with Crippen LogP contribution < -0.4 is 15.4 Å². The van der Waals surface area contributed by atoms with E-state index < -0.39 is 0 Å². The van der Waals surface area contributed by atoms with Crippen LogP contribution in [0.25, 0.3) is 11.1 Å². The normalized spacial score (nSPS) is 10.6. The summed E-state index contributed by atoms with van der Waals surface area (Å²) in [5.74, 6) is 0.966. The Morgan fingerprint density at radius 3 is 2.63 bits per heavy atom. The lowest BCUT2D eigenvalue weighted by Crippen LogP contribution is -2.34. The summed E-state index contributed by atoms with van der Waals surface area (Å²) in [5, 5.41) is 5.90. The number of benzene rings is 3. The molecule has 0 spiro atoms. The zero-order valence-electron chi connectivity index (χ0n) is 16.2. The minimum absolute atomic E-state index is 0.217. The Labute approximate surface area is 178 Å². The van der Waals surface area contributed by atoms with Crippen LogP contribution in [0.5, 0.6) is 5.75 Å². The molecule has 0 fully saturated rings. The van der Waals surface area contributed by atoms with E-state index in [1.165, 1.54) is 0 Å². The van der Waals surface area contributed by atoms with Crippen molar-refractivity contribution in [2.24, 2.45) is 0 Å². The lowest BCUT2D eigenvalue weighted by molar-refractivity contribution is 0.0977. The summed E-state index contributed by atoms with van der Waals surface area (Å²) >= 11 is 5.25. The van der Waals surface area contributed by atoms with E-state index in [2.05, 4.69) is 15.6 Å². The molecule has 0 saturated carbocycles. The molecule has 0 aliphatic heterocycles. The molecule has 3 aromatic carbocycles. The van der Waals surface area contributed by atoms with Crippen molar-refractivity contribution in [3.63, 3.8) is 0 Å². The molecule has 0 aliphatic carbocycles. The van der Waals surface area contributed by atoms with Crippen LogP contribution in [0.15, 0.2) is 77.2 Å². The Balaban J connectivity index is 1.35. The monoisotopic (exact) mass is 417 g/mol. The molecule has 0 unspecified atom stereocenters. The second-order valence-corrected chi connectivity index (χ2v) is 7.00. The van der Waals surface area contributed by atoms with E-state index in [9.17, 15) is 4.79 Å². The maximum absolute atomic E-state index is 12.3. The summed E-state index contributed by atoms with van der Waals surface area (Å²) in [7, 11) is 1.55. The second kappa shape index (κ2) is 8.75. The van der Waals surface area contributed by atoms with Gasteiger partial charge in [0.1, 0.15) is 11.3 Å². The fourth-order valence-electron chi connectivity index (χ4n) is 2.98. The number of aromatic nitrogens is 1. The highest BCUT2D eigenvalue weighted by molar-refractivity contribution is 7.80. The first-order chi connectivity index (χ1) is 14.6. The summed E-state index contributed by atoms with van der Waals surface area (Å²) < 4.78 is 10.9. The molecular weight excluding hydrogens is 398 g/mol. The summed E-state index contributed by atoms with van der Waals surface area (Å²) in [6.07, 6.45) is 0.589. The summed E-state index contributed by atoms with van der Waals surface area (Å²) in [4.78, 5) is 16.8. The first-order valence-corrected chi connectivity index (χ1v) is 9.71. The van der Waals surface area contributed by atoms with Gasteiger partial charge in [0, 0.05) is 17.7 Å². The van der Waals surface area contributed by atoms with E-state index in [0.29, 0.717) is 23.6 Å². The highest BCUT2D eigenvalue weighted by Gasteiger charge is 2.10. The smallest absolute Gasteiger partial charge is 0.257 e. The number of methoxy groups -OCH3 is 1. The number of amides is 1. The van der Waals surface area contributed by atoms with Crippen molar-refractivity contribution in [1.82, 2.24) is 10.3 Å². The van der Waals surface area contributed by atoms with Crippen molar-refractivity contribution in [1.29, 1.82) is 0 Å². The number of carbonyl (C=O) groups excluding carboxylic acids is 1. The van der Waals surface area contributed by atoms with Gasteiger partial charge in [0.15, 0.2) is 16.6 Å². The van der Waals surface area contributed by atoms with Crippen molar-refractivity contribution in [3.8, 4) is 5.75 Å². The Hall–Kier alpha value is -3.71. The van der Waals surface area contributed by atoms with Gasteiger partial charge in [0.25, 0.3) is 5.91 Å². The van der Waals surface area contributed by atoms with Gasteiger partial charge in [-0.3, -0.25) is 10.1 Å². The van der Waals surface area contributed by atoms with Gasteiger partial charge in [-0.15, -0.1) is 0 Å². The minimum Gasteiger partial charge on any atom is -0.497 e. The summed E-state index contributed by atoms with van der Waals surface area (Å²) in [5.41, 5.74) is 3.92. The second-order valence-electron chi connectivity index (χ2n) is 6.59. The van der Waals surface area contributed by atoms with E-state index in [1.54, 1.807) is 31.4 Å². The molecule has 6 nitrogen and oxygen atoms in total. The predicted octanol–water partition coefficient (Wildman–Crippen LogP) is 4.55. The fourth-order valence-corrected chi connectivity index (χ4v) is 3.19. The number of para-hydroxylation sites is 2. The lowest BCUT2D eigenvalue weighted by Gasteiger charge is -2.10. The molecule has 0 saturated heterocycles. The number of fused-ring (bicyclic) bond motifs is 1. The van der Waals surface area contributed by atoms with Gasteiger partial charge in [0.05, 0.1) is 7.11 Å². The topological polar surface area (TPSA) is 76.4 Å². The zero-order valence-corrected chi connectivity index (χ0v) is 17.0. The van der Waals surface area contributed by atoms with Crippen molar-refractivity contribution in [2.45, 2.75) is 6.42 Å².